The van der Waals surface area contributed by atoms with Gasteiger partial charge in [-0.3, -0.25) is 4.57 Å². The summed E-state index contributed by atoms with van der Waals surface area (Å²) in [6, 6.07) is 18.6. The van der Waals surface area contributed by atoms with Gasteiger partial charge in [0.1, 0.15) is 0 Å². The summed E-state index contributed by atoms with van der Waals surface area (Å²) in [5.74, 6) is 0.861. The lowest BCUT2D eigenvalue weighted by Gasteiger charge is -2.11. The van der Waals surface area contributed by atoms with E-state index in [0.717, 1.165) is 26.7 Å². The molecule has 5 heteroatoms. The number of para-hydroxylation sites is 1. The molecule has 1 heterocycles. The lowest BCUT2D eigenvalue weighted by atomic mass is 10.2. The number of halogens is 1. The van der Waals surface area contributed by atoms with Crippen molar-refractivity contribution in [1.29, 1.82) is 0 Å². The van der Waals surface area contributed by atoms with Crippen LogP contribution >= 0.6 is 27.7 Å². The highest BCUT2D eigenvalue weighted by Crippen LogP contribution is 2.35. The smallest absolute Gasteiger partial charge is 0.196 e. The molecule has 0 N–H and O–H groups in total. The van der Waals surface area contributed by atoms with Gasteiger partial charge in [0.25, 0.3) is 0 Å². The highest BCUT2D eigenvalue weighted by Gasteiger charge is 2.21. The van der Waals surface area contributed by atoms with Crippen LogP contribution in [0.4, 0.5) is 0 Å². The van der Waals surface area contributed by atoms with Gasteiger partial charge in [0.05, 0.1) is 0 Å². The lowest BCUT2D eigenvalue weighted by Crippen LogP contribution is -2.02. The van der Waals surface area contributed by atoms with Crippen LogP contribution in [0, 0.1) is 0 Å². The summed E-state index contributed by atoms with van der Waals surface area (Å²) < 4.78 is 3.25. The van der Waals surface area contributed by atoms with Gasteiger partial charge in [-0.2, -0.15) is 0 Å². The first-order valence-electron chi connectivity index (χ1n) is 8.91. The molecule has 0 unspecified atom stereocenters. The minimum atomic E-state index is 0.657. The normalized spacial score (nSPS) is 15.1. The molecule has 0 radical (unpaired) electrons. The average molecular weight is 426 g/mol. The summed E-state index contributed by atoms with van der Waals surface area (Å²) in [6.45, 7) is 0. The number of hydrogen-bond acceptors (Lipinski definition) is 3. The molecular formula is C21H20BrN3S. The largest absolute Gasteiger partial charge is 0.271 e. The Kier molecular flexibility index (Phi) is 5.56. The van der Waals surface area contributed by atoms with E-state index in [1.54, 1.807) is 0 Å². The van der Waals surface area contributed by atoms with Crippen molar-refractivity contribution in [2.24, 2.45) is 0 Å². The van der Waals surface area contributed by atoms with E-state index in [-0.39, 0.29) is 0 Å². The van der Waals surface area contributed by atoms with E-state index >= 15 is 0 Å². The molecule has 0 amide bonds. The molecule has 2 aromatic carbocycles. The third-order valence-electron chi connectivity index (χ3n) is 4.54. The first-order valence-corrected chi connectivity index (χ1v) is 10.6. The van der Waals surface area contributed by atoms with Crippen LogP contribution in [0.3, 0.4) is 0 Å². The minimum absolute atomic E-state index is 0.657. The van der Waals surface area contributed by atoms with Crippen LogP contribution in [0.5, 0.6) is 0 Å². The van der Waals surface area contributed by atoms with Gasteiger partial charge in [-0.15, -0.1) is 10.2 Å². The minimum Gasteiger partial charge on any atom is -0.271 e. The molecule has 1 fully saturated rings. The molecule has 3 aromatic rings. The van der Waals surface area contributed by atoms with Crippen LogP contribution < -0.4 is 0 Å². The van der Waals surface area contributed by atoms with Gasteiger partial charge in [-0.1, -0.05) is 76.9 Å². The molecule has 1 saturated carbocycles. The molecule has 0 atom stereocenters. The van der Waals surface area contributed by atoms with Crippen LogP contribution in [0.25, 0.3) is 17.8 Å². The van der Waals surface area contributed by atoms with Crippen molar-refractivity contribution < 1.29 is 0 Å². The molecule has 0 saturated heterocycles. The van der Waals surface area contributed by atoms with E-state index in [1.807, 2.05) is 36.0 Å². The van der Waals surface area contributed by atoms with E-state index in [4.69, 9.17) is 0 Å². The van der Waals surface area contributed by atoms with Gasteiger partial charge in [-0.25, -0.2) is 0 Å². The van der Waals surface area contributed by atoms with E-state index in [9.17, 15) is 0 Å². The second-order valence-electron chi connectivity index (χ2n) is 6.42. The predicted octanol–water partition coefficient (Wildman–Crippen LogP) is 6.23. The first-order chi connectivity index (χ1) is 12.8. The van der Waals surface area contributed by atoms with Crippen molar-refractivity contribution >= 4 is 39.8 Å². The maximum absolute atomic E-state index is 4.50. The highest BCUT2D eigenvalue weighted by molar-refractivity contribution is 9.10. The fraction of sp³-hybridized carbons (Fsp3) is 0.238. The Morgan fingerprint density at radius 1 is 0.923 bits per heavy atom. The fourth-order valence-corrected chi connectivity index (χ4v) is 4.71. The van der Waals surface area contributed by atoms with Gasteiger partial charge >= 0.3 is 0 Å². The van der Waals surface area contributed by atoms with Gasteiger partial charge in [0.2, 0.25) is 0 Å². The molecule has 1 aliphatic rings. The van der Waals surface area contributed by atoms with Gasteiger partial charge in [-0.05, 0) is 48.7 Å². The second kappa shape index (κ2) is 8.23. The standard InChI is InChI=1S/C21H20BrN3S/c22-17-13-10-16(11-14-17)12-15-20-23-24-21(26-19-8-4-5-9-19)25(20)18-6-2-1-3-7-18/h1-3,6-7,10-15,19H,4-5,8-9H2/b15-12+. The molecule has 1 aliphatic carbocycles. The van der Waals surface area contributed by atoms with E-state index in [1.165, 1.54) is 25.7 Å². The highest BCUT2D eigenvalue weighted by atomic mass is 79.9. The van der Waals surface area contributed by atoms with Gasteiger partial charge in [0.15, 0.2) is 11.0 Å². The Bertz CT molecular complexity index is 881. The van der Waals surface area contributed by atoms with E-state index < -0.39 is 0 Å². The number of benzene rings is 2. The third-order valence-corrected chi connectivity index (χ3v) is 6.35. The number of rotatable bonds is 5. The molecule has 0 aliphatic heterocycles. The molecule has 132 valence electrons. The quantitative estimate of drug-likeness (QED) is 0.484. The maximum atomic E-state index is 4.50. The zero-order valence-electron chi connectivity index (χ0n) is 14.4. The molecule has 3 nitrogen and oxygen atoms in total. The van der Waals surface area contributed by atoms with Gasteiger partial charge in [0, 0.05) is 15.4 Å². The molecule has 4 rings (SSSR count). The monoisotopic (exact) mass is 425 g/mol. The second-order valence-corrected chi connectivity index (χ2v) is 8.60. The Morgan fingerprint density at radius 2 is 1.65 bits per heavy atom. The molecule has 1 aromatic heterocycles. The summed E-state index contributed by atoms with van der Waals surface area (Å²) in [5.41, 5.74) is 2.24. The summed E-state index contributed by atoms with van der Waals surface area (Å²) in [6.07, 6.45) is 9.33. The summed E-state index contributed by atoms with van der Waals surface area (Å²) in [7, 11) is 0. The number of hydrogen-bond donors (Lipinski definition) is 0. The summed E-state index contributed by atoms with van der Waals surface area (Å²) in [5, 5.41) is 10.6. The topological polar surface area (TPSA) is 30.7 Å². The van der Waals surface area contributed by atoms with Crippen molar-refractivity contribution in [2.75, 3.05) is 0 Å². The summed E-state index contributed by atoms with van der Waals surface area (Å²) in [4.78, 5) is 0. The number of nitrogens with zero attached hydrogens (tertiary/aromatic N) is 3. The zero-order valence-corrected chi connectivity index (χ0v) is 16.8. The Labute approximate surface area is 166 Å². The Morgan fingerprint density at radius 3 is 2.38 bits per heavy atom. The van der Waals surface area contributed by atoms with E-state index in [2.05, 4.69) is 73.2 Å². The Hall–Kier alpha value is -1.85. The van der Waals surface area contributed by atoms with Crippen LogP contribution in [0.1, 0.15) is 37.1 Å². The van der Waals surface area contributed by atoms with Crippen molar-refractivity contribution in [3.05, 3.63) is 70.5 Å². The lowest BCUT2D eigenvalue weighted by molar-refractivity contribution is 0.849. The van der Waals surface area contributed by atoms with Crippen molar-refractivity contribution in [3.63, 3.8) is 0 Å². The Balaban J connectivity index is 1.67. The fourth-order valence-electron chi connectivity index (χ4n) is 3.19. The number of aromatic nitrogens is 3. The van der Waals surface area contributed by atoms with Gasteiger partial charge < -0.3 is 0 Å². The van der Waals surface area contributed by atoms with Crippen LogP contribution in [0.15, 0.2) is 64.2 Å². The molecule has 26 heavy (non-hydrogen) atoms. The SMILES string of the molecule is Brc1ccc(/C=C/c2nnc(SC3CCCC3)n2-c2ccccc2)cc1. The zero-order chi connectivity index (χ0) is 17.8. The molecular weight excluding hydrogens is 406 g/mol. The average Bonchev–Trinajstić information content (AvgIpc) is 3.32. The van der Waals surface area contributed by atoms with Crippen molar-refractivity contribution in [3.8, 4) is 5.69 Å². The van der Waals surface area contributed by atoms with Crippen molar-refractivity contribution in [1.82, 2.24) is 14.8 Å². The maximum Gasteiger partial charge on any atom is 0.196 e. The van der Waals surface area contributed by atoms with Crippen LogP contribution in [-0.2, 0) is 0 Å². The predicted molar refractivity (Wildman–Crippen MR) is 113 cm³/mol. The molecule has 0 bridgehead atoms. The summed E-state index contributed by atoms with van der Waals surface area (Å²) >= 11 is 5.34. The third kappa shape index (κ3) is 4.10. The first kappa shape index (κ1) is 17.6. The molecule has 0 spiro atoms. The number of thioether (sulfide) groups is 1. The van der Waals surface area contributed by atoms with Crippen LogP contribution in [0.2, 0.25) is 0 Å². The van der Waals surface area contributed by atoms with Crippen molar-refractivity contribution in [2.45, 2.75) is 36.1 Å². The van der Waals surface area contributed by atoms with Crippen LogP contribution in [-0.4, -0.2) is 20.0 Å². The van der Waals surface area contributed by atoms with E-state index in [0.29, 0.717) is 5.25 Å².